The summed E-state index contributed by atoms with van der Waals surface area (Å²) in [5, 5.41) is 19.6. The van der Waals surface area contributed by atoms with Crippen LogP contribution in [0, 0.1) is 11.3 Å². The molecule has 158 valence electrons. The van der Waals surface area contributed by atoms with Crippen LogP contribution in [-0.4, -0.2) is 21.0 Å². The number of fused-ring (bicyclic) bond motifs is 1. The van der Waals surface area contributed by atoms with Gasteiger partial charge in [-0.05, 0) is 65.9 Å². The largest absolute Gasteiger partial charge is 0.488 e. The zero-order valence-corrected chi connectivity index (χ0v) is 18.2. The number of aromatic amines is 1. The number of aliphatic carboxylic acids is 1. The number of nitrogens with one attached hydrogen (secondary N) is 1. The number of hydrogen-bond donors (Lipinski definition) is 2. The lowest BCUT2D eigenvalue weighted by atomic mass is 10.1. The lowest BCUT2D eigenvalue weighted by Gasteiger charge is -2.11. The fourth-order valence-electron chi connectivity index (χ4n) is 2.96. The van der Waals surface area contributed by atoms with Crippen molar-refractivity contribution >= 4 is 46.4 Å². The Morgan fingerprint density at radius 2 is 1.97 bits per heavy atom. The summed E-state index contributed by atoms with van der Waals surface area (Å²) in [7, 11) is 0. The van der Waals surface area contributed by atoms with Gasteiger partial charge in [-0.3, -0.25) is 0 Å². The highest BCUT2D eigenvalue weighted by atomic mass is 35.5. The number of imidazole rings is 1. The van der Waals surface area contributed by atoms with Gasteiger partial charge < -0.3 is 14.8 Å². The number of halogens is 1. The average molecular weight is 462 g/mol. The molecule has 4 aromatic rings. The normalized spacial score (nSPS) is 11.3. The number of para-hydroxylation sites is 2. The maximum Gasteiger partial charge on any atom is 0.342 e. The predicted octanol–water partition coefficient (Wildman–Crippen LogP) is 5.88. The standard InChI is InChI=1S/C24H16ClN3O3S/c25-18-9-10-21(31-14-16-7-5-15(13-26)6-8-16)17(11-18)12-22(23(29)30)32-24-27-19-3-1-2-4-20(19)28-24/h1-12H,14H2,(H,27,28)(H,29,30)/b22-12-. The zero-order valence-electron chi connectivity index (χ0n) is 16.6. The van der Waals surface area contributed by atoms with Crippen molar-refractivity contribution in [1.29, 1.82) is 5.26 Å². The highest BCUT2D eigenvalue weighted by molar-refractivity contribution is 8.04. The van der Waals surface area contributed by atoms with Crippen LogP contribution < -0.4 is 4.74 Å². The molecule has 0 aliphatic rings. The molecule has 32 heavy (non-hydrogen) atoms. The third-order valence-electron chi connectivity index (χ3n) is 4.52. The molecule has 8 heteroatoms. The molecule has 1 aromatic heterocycles. The molecule has 0 radical (unpaired) electrons. The van der Waals surface area contributed by atoms with Crippen LogP contribution in [0.2, 0.25) is 5.02 Å². The van der Waals surface area contributed by atoms with E-state index < -0.39 is 5.97 Å². The van der Waals surface area contributed by atoms with Gasteiger partial charge in [0.15, 0.2) is 5.16 Å². The lowest BCUT2D eigenvalue weighted by Crippen LogP contribution is -2.00. The van der Waals surface area contributed by atoms with E-state index in [1.54, 1.807) is 30.3 Å². The van der Waals surface area contributed by atoms with Crippen LogP contribution in [0.1, 0.15) is 16.7 Å². The molecule has 6 nitrogen and oxygen atoms in total. The summed E-state index contributed by atoms with van der Waals surface area (Å²) in [5.74, 6) is -0.601. The first-order chi connectivity index (χ1) is 15.5. The van der Waals surface area contributed by atoms with Gasteiger partial charge in [-0.1, -0.05) is 35.9 Å². The summed E-state index contributed by atoms with van der Waals surface area (Å²) in [6, 6.07) is 21.6. The number of hydrogen-bond acceptors (Lipinski definition) is 5. The molecule has 0 saturated carbocycles. The maximum atomic E-state index is 11.9. The molecule has 0 amide bonds. The molecule has 2 N–H and O–H groups in total. The van der Waals surface area contributed by atoms with E-state index in [0.29, 0.717) is 27.1 Å². The van der Waals surface area contributed by atoms with Crippen molar-refractivity contribution in [1.82, 2.24) is 9.97 Å². The number of carboxylic acid groups (broad SMARTS) is 1. The Hall–Kier alpha value is -3.73. The smallest absolute Gasteiger partial charge is 0.342 e. The van der Waals surface area contributed by atoms with Crippen molar-refractivity contribution in [3.63, 3.8) is 0 Å². The Balaban J connectivity index is 1.60. The van der Waals surface area contributed by atoms with E-state index in [4.69, 9.17) is 21.6 Å². The predicted molar refractivity (Wildman–Crippen MR) is 125 cm³/mol. The number of ether oxygens (including phenoxy) is 1. The molecule has 0 fully saturated rings. The van der Waals surface area contributed by atoms with Gasteiger partial charge in [0.2, 0.25) is 0 Å². The highest BCUT2D eigenvalue weighted by Gasteiger charge is 2.15. The summed E-state index contributed by atoms with van der Waals surface area (Å²) in [4.78, 5) is 19.5. The quantitative estimate of drug-likeness (QED) is 0.263. The number of H-pyrrole nitrogens is 1. The second-order valence-corrected chi connectivity index (χ2v) is 8.22. The first kappa shape index (κ1) is 21.5. The number of benzene rings is 3. The summed E-state index contributed by atoms with van der Waals surface area (Å²) in [5.41, 5.74) is 3.57. The monoisotopic (exact) mass is 461 g/mol. The van der Waals surface area contributed by atoms with E-state index in [1.807, 2.05) is 36.4 Å². The fourth-order valence-corrected chi connectivity index (χ4v) is 3.93. The Morgan fingerprint density at radius 1 is 1.19 bits per heavy atom. The van der Waals surface area contributed by atoms with Crippen molar-refractivity contribution < 1.29 is 14.6 Å². The Labute approximate surface area is 193 Å². The first-order valence-electron chi connectivity index (χ1n) is 9.51. The number of nitriles is 1. The van der Waals surface area contributed by atoms with E-state index >= 15 is 0 Å². The Bertz CT molecular complexity index is 1320. The van der Waals surface area contributed by atoms with Crippen molar-refractivity contribution in [2.24, 2.45) is 0 Å². The molecule has 0 aliphatic heterocycles. The van der Waals surface area contributed by atoms with Crippen LogP contribution in [0.25, 0.3) is 17.1 Å². The SMILES string of the molecule is N#Cc1ccc(COc2ccc(Cl)cc2/C=C(\Sc2nc3ccccc3[nH]2)C(=O)O)cc1. The number of nitrogens with zero attached hydrogens (tertiary/aromatic N) is 2. The van der Waals surface area contributed by atoms with Gasteiger partial charge in [0, 0.05) is 10.6 Å². The average Bonchev–Trinajstić information content (AvgIpc) is 3.21. The highest BCUT2D eigenvalue weighted by Crippen LogP contribution is 2.32. The molecule has 3 aromatic carbocycles. The number of carbonyl (C=O) groups is 1. The Morgan fingerprint density at radius 3 is 2.69 bits per heavy atom. The van der Waals surface area contributed by atoms with E-state index in [0.717, 1.165) is 28.4 Å². The molecular formula is C24H16ClN3O3S. The van der Waals surface area contributed by atoms with Gasteiger partial charge in [-0.2, -0.15) is 5.26 Å². The van der Waals surface area contributed by atoms with Crippen LogP contribution in [0.5, 0.6) is 5.75 Å². The van der Waals surface area contributed by atoms with E-state index in [1.165, 1.54) is 6.08 Å². The van der Waals surface area contributed by atoms with Crippen LogP contribution in [0.3, 0.4) is 0 Å². The van der Waals surface area contributed by atoms with Crippen molar-refractivity contribution in [2.45, 2.75) is 11.8 Å². The molecule has 4 rings (SSSR count). The van der Waals surface area contributed by atoms with Crippen LogP contribution >= 0.6 is 23.4 Å². The number of rotatable bonds is 7. The molecule has 0 bridgehead atoms. The van der Waals surface area contributed by atoms with E-state index in [-0.39, 0.29) is 11.5 Å². The van der Waals surface area contributed by atoms with Gasteiger partial charge in [-0.15, -0.1) is 0 Å². The third kappa shape index (κ3) is 5.11. The van der Waals surface area contributed by atoms with E-state index in [9.17, 15) is 9.90 Å². The van der Waals surface area contributed by atoms with Gasteiger partial charge >= 0.3 is 5.97 Å². The fraction of sp³-hybridized carbons (Fsp3) is 0.0417. The second-order valence-electron chi connectivity index (χ2n) is 6.75. The first-order valence-corrected chi connectivity index (χ1v) is 10.7. The summed E-state index contributed by atoms with van der Waals surface area (Å²) in [6.45, 7) is 0.257. The number of aromatic nitrogens is 2. The molecule has 1 heterocycles. The van der Waals surface area contributed by atoms with E-state index in [2.05, 4.69) is 16.0 Å². The van der Waals surface area contributed by atoms with Crippen molar-refractivity contribution in [2.75, 3.05) is 0 Å². The molecule has 0 unspecified atom stereocenters. The number of carboxylic acids is 1. The molecule has 0 aliphatic carbocycles. The van der Waals surface area contributed by atoms with Crippen molar-refractivity contribution in [3.8, 4) is 11.8 Å². The molecule has 0 spiro atoms. The minimum atomic E-state index is -1.09. The summed E-state index contributed by atoms with van der Waals surface area (Å²) in [6.07, 6.45) is 1.51. The zero-order chi connectivity index (χ0) is 22.5. The van der Waals surface area contributed by atoms with Gasteiger partial charge in [0.1, 0.15) is 17.3 Å². The maximum absolute atomic E-state index is 11.9. The third-order valence-corrected chi connectivity index (χ3v) is 5.66. The summed E-state index contributed by atoms with van der Waals surface area (Å²) >= 11 is 7.17. The molecule has 0 saturated heterocycles. The van der Waals surface area contributed by atoms with Crippen molar-refractivity contribution in [3.05, 3.63) is 93.3 Å². The molecular weight excluding hydrogens is 446 g/mol. The topological polar surface area (TPSA) is 99.0 Å². The minimum absolute atomic E-state index is 0.0644. The van der Waals surface area contributed by atoms with Crippen LogP contribution in [-0.2, 0) is 11.4 Å². The van der Waals surface area contributed by atoms with Crippen LogP contribution in [0.15, 0.2) is 76.8 Å². The van der Waals surface area contributed by atoms with Gasteiger partial charge in [-0.25, -0.2) is 9.78 Å². The van der Waals surface area contributed by atoms with Gasteiger partial charge in [0.05, 0.1) is 22.7 Å². The molecule has 0 atom stereocenters. The summed E-state index contributed by atoms with van der Waals surface area (Å²) < 4.78 is 5.92. The minimum Gasteiger partial charge on any atom is -0.488 e. The van der Waals surface area contributed by atoms with Crippen LogP contribution in [0.4, 0.5) is 0 Å². The van der Waals surface area contributed by atoms with Gasteiger partial charge in [0.25, 0.3) is 0 Å². The second kappa shape index (κ2) is 9.60. The number of thioether (sulfide) groups is 1. The lowest BCUT2D eigenvalue weighted by molar-refractivity contribution is -0.131. The Kier molecular flexibility index (Phi) is 6.45.